The van der Waals surface area contributed by atoms with Crippen molar-refractivity contribution in [3.05, 3.63) is 29.8 Å². The molecule has 0 amide bonds. The second kappa shape index (κ2) is 6.57. The lowest BCUT2D eigenvalue weighted by molar-refractivity contribution is -0.291. The van der Waals surface area contributed by atoms with E-state index < -0.39 is 41.0 Å². The van der Waals surface area contributed by atoms with Gasteiger partial charge in [-0.25, -0.2) is 0 Å². The lowest BCUT2D eigenvalue weighted by atomic mass is 10.0. The molecular formula is C10H8ClF8NS. The zero-order valence-electron chi connectivity index (χ0n) is 9.80. The summed E-state index contributed by atoms with van der Waals surface area (Å²) in [5, 5.41) is 0. The number of halogens is 9. The maximum atomic E-state index is 12.9. The van der Waals surface area contributed by atoms with Crippen LogP contribution in [0.1, 0.15) is 11.6 Å². The molecule has 1 nitrogen and oxygen atoms in total. The molecule has 0 aliphatic heterocycles. The van der Waals surface area contributed by atoms with Crippen LogP contribution in [-0.2, 0) is 0 Å². The van der Waals surface area contributed by atoms with E-state index in [1.165, 1.54) is 0 Å². The number of rotatable bonds is 3. The fraction of sp³-hybridized carbons (Fsp3) is 0.400. The lowest BCUT2D eigenvalue weighted by Crippen LogP contribution is -2.45. The van der Waals surface area contributed by atoms with Gasteiger partial charge in [0.05, 0.1) is 0 Å². The number of benzene rings is 1. The van der Waals surface area contributed by atoms with Gasteiger partial charge in [0.2, 0.25) is 0 Å². The Hall–Kier alpha value is -0.740. The van der Waals surface area contributed by atoms with E-state index in [2.05, 4.69) is 0 Å². The highest BCUT2D eigenvalue weighted by Crippen LogP contribution is 2.44. The third-order valence-electron chi connectivity index (χ3n) is 2.24. The molecule has 0 unspecified atom stereocenters. The molecule has 0 spiro atoms. The Morgan fingerprint density at radius 2 is 1.29 bits per heavy atom. The van der Waals surface area contributed by atoms with Crippen LogP contribution in [-0.4, -0.2) is 17.6 Å². The molecule has 0 radical (unpaired) electrons. The van der Waals surface area contributed by atoms with Crippen molar-refractivity contribution in [2.24, 2.45) is 5.73 Å². The van der Waals surface area contributed by atoms with E-state index in [-0.39, 0.29) is 17.3 Å². The molecule has 0 heterocycles. The number of nitrogens with two attached hydrogens (primary N) is 1. The maximum absolute atomic E-state index is 12.9. The van der Waals surface area contributed by atoms with Crippen LogP contribution in [0.2, 0.25) is 0 Å². The second-order valence-electron chi connectivity index (χ2n) is 3.72. The van der Waals surface area contributed by atoms with Gasteiger partial charge < -0.3 is 5.73 Å². The molecule has 0 aliphatic rings. The van der Waals surface area contributed by atoms with Crippen molar-refractivity contribution < 1.29 is 35.1 Å². The predicted molar refractivity (Wildman–Crippen MR) is 63.5 cm³/mol. The van der Waals surface area contributed by atoms with Crippen LogP contribution in [0, 0.1) is 0 Å². The van der Waals surface area contributed by atoms with Crippen molar-refractivity contribution in [3.8, 4) is 0 Å². The first-order chi connectivity index (χ1) is 8.84. The largest absolute Gasteiger partial charge is 0.455 e. The predicted octanol–water partition coefficient (Wildman–Crippen LogP) is 4.92. The van der Waals surface area contributed by atoms with Gasteiger partial charge in [-0.2, -0.15) is 35.1 Å². The maximum Gasteiger partial charge on any atom is 0.455 e. The number of hydrogen-bond donors (Lipinski definition) is 1. The van der Waals surface area contributed by atoms with E-state index in [1.807, 2.05) is 0 Å². The molecule has 0 saturated carbocycles. The highest BCUT2D eigenvalue weighted by Gasteiger charge is 2.61. The first-order valence-corrected chi connectivity index (χ1v) is 5.72. The van der Waals surface area contributed by atoms with Crippen LogP contribution in [0.4, 0.5) is 35.1 Å². The Kier molecular flexibility index (Phi) is 6.34. The van der Waals surface area contributed by atoms with Gasteiger partial charge in [0.25, 0.3) is 0 Å². The monoisotopic (exact) mass is 361 g/mol. The molecule has 1 atom stereocenters. The minimum absolute atomic E-state index is 0. The van der Waals surface area contributed by atoms with Gasteiger partial charge in [-0.1, -0.05) is 12.1 Å². The van der Waals surface area contributed by atoms with Gasteiger partial charge in [0.1, 0.15) is 6.04 Å². The fourth-order valence-corrected chi connectivity index (χ4v) is 1.80. The van der Waals surface area contributed by atoms with Crippen LogP contribution in [0.25, 0.3) is 0 Å². The van der Waals surface area contributed by atoms with Crippen LogP contribution < -0.4 is 5.73 Å². The Bertz CT molecular complexity index is 456. The van der Waals surface area contributed by atoms with Gasteiger partial charge in [-0.3, -0.25) is 0 Å². The van der Waals surface area contributed by atoms with Gasteiger partial charge >= 0.3 is 17.6 Å². The molecule has 2 N–H and O–H groups in total. The SMILES string of the molecule is Cl.N[C@H](c1ccc(SC(F)(F)F)cc1)C(F)(F)C(F)(F)F. The van der Waals surface area contributed by atoms with Crippen molar-refractivity contribution in [3.63, 3.8) is 0 Å². The average molecular weight is 362 g/mol. The zero-order valence-corrected chi connectivity index (χ0v) is 11.4. The first kappa shape index (κ1) is 20.3. The quantitative estimate of drug-likeness (QED) is 0.611. The third-order valence-corrected chi connectivity index (χ3v) is 2.98. The summed E-state index contributed by atoms with van der Waals surface area (Å²) in [6.45, 7) is 0. The van der Waals surface area contributed by atoms with E-state index in [1.54, 1.807) is 0 Å². The van der Waals surface area contributed by atoms with Gasteiger partial charge in [0, 0.05) is 4.90 Å². The molecule has 1 rings (SSSR count). The summed E-state index contributed by atoms with van der Waals surface area (Å²) >= 11 is -0.516. The van der Waals surface area contributed by atoms with E-state index in [0.717, 1.165) is 12.1 Å². The molecule has 0 fully saturated rings. The number of alkyl halides is 8. The summed E-state index contributed by atoms with van der Waals surface area (Å²) in [5.74, 6) is -5.17. The summed E-state index contributed by atoms with van der Waals surface area (Å²) < 4.78 is 98.2. The fourth-order valence-electron chi connectivity index (χ4n) is 1.26. The van der Waals surface area contributed by atoms with Crippen LogP contribution >= 0.6 is 24.2 Å². The Labute approximate surface area is 124 Å². The van der Waals surface area contributed by atoms with E-state index >= 15 is 0 Å². The summed E-state index contributed by atoms with van der Waals surface area (Å²) in [5.41, 5.74) is -0.359. The van der Waals surface area contributed by atoms with E-state index in [4.69, 9.17) is 5.73 Å². The topological polar surface area (TPSA) is 26.0 Å². The van der Waals surface area contributed by atoms with Crippen LogP contribution in [0.3, 0.4) is 0 Å². The van der Waals surface area contributed by atoms with Crippen molar-refractivity contribution in [2.75, 3.05) is 0 Å². The average Bonchev–Trinajstić information content (AvgIpc) is 2.25. The van der Waals surface area contributed by atoms with E-state index in [9.17, 15) is 35.1 Å². The van der Waals surface area contributed by atoms with Gasteiger partial charge in [-0.15, -0.1) is 12.4 Å². The smallest absolute Gasteiger partial charge is 0.319 e. The third kappa shape index (κ3) is 5.19. The molecule has 0 saturated heterocycles. The van der Waals surface area contributed by atoms with E-state index in [0.29, 0.717) is 12.1 Å². The second-order valence-corrected chi connectivity index (χ2v) is 4.85. The zero-order chi connectivity index (χ0) is 15.8. The Balaban J connectivity index is 0.00000400. The molecule has 1 aromatic carbocycles. The molecule has 1 aromatic rings. The number of hydrogen-bond acceptors (Lipinski definition) is 2. The van der Waals surface area contributed by atoms with Crippen LogP contribution in [0.15, 0.2) is 29.2 Å². The summed E-state index contributed by atoms with van der Waals surface area (Å²) in [6.07, 6.45) is -5.84. The van der Waals surface area contributed by atoms with Crippen LogP contribution in [0.5, 0.6) is 0 Å². The lowest BCUT2D eigenvalue weighted by Gasteiger charge is -2.26. The minimum Gasteiger partial charge on any atom is -0.319 e. The van der Waals surface area contributed by atoms with Crippen molar-refractivity contribution in [1.82, 2.24) is 0 Å². The highest BCUT2D eigenvalue weighted by molar-refractivity contribution is 8.00. The summed E-state index contributed by atoms with van der Waals surface area (Å²) in [6, 6.07) is 0.281. The summed E-state index contributed by atoms with van der Waals surface area (Å²) in [4.78, 5) is -0.344. The molecule has 122 valence electrons. The van der Waals surface area contributed by atoms with Crippen molar-refractivity contribution >= 4 is 24.2 Å². The van der Waals surface area contributed by atoms with Gasteiger partial charge in [0.15, 0.2) is 0 Å². The summed E-state index contributed by atoms with van der Waals surface area (Å²) in [7, 11) is 0. The molecule has 0 aliphatic carbocycles. The van der Waals surface area contributed by atoms with Crippen molar-refractivity contribution in [1.29, 1.82) is 0 Å². The molecule has 0 aromatic heterocycles. The Morgan fingerprint density at radius 1 is 0.857 bits per heavy atom. The highest BCUT2D eigenvalue weighted by atomic mass is 35.5. The first-order valence-electron chi connectivity index (χ1n) is 4.90. The number of thioether (sulfide) groups is 1. The molecule has 21 heavy (non-hydrogen) atoms. The normalized spacial score (nSPS) is 14.5. The molecular weight excluding hydrogens is 354 g/mol. The molecule has 0 bridgehead atoms. The van der Waals surface area contributed by atoms with Crippen molar-refractivity contribution in [2.45, 2.75) is 28.5 Å². The standard InChI is InChI=1S/C10H7F8NS.ClH/c11-8(12,9(13,14)15)7(19)5-1-3-6(4-2-5)20-10(16,17)18;/h1-4,7H,19H2;1H/t7-;/m1./s1. The molecule has 11 heteroatoms. The minimum atomic E-state index is -5.84. The Morgan fingerprint density at radius 3 is 1.62 bits per heavy atom. The van der Waals surface area contributed by atoms with Gasteiger partial charge in [-0.05, 0) is 29.5 Å².